The van der Waals surface area contributed by atoms with Crippen molar-refractivity contribution in [2.45, 2.75) is 17.2 Å². The van der Waals surface area contributed by atoms with Crippen LogP contribution in [0.25, 0.3) is 0 Å². The van der Waals surface area contributed by atoms with Crippen LogP contribution in [0.15, 0.2) is 40.6 Å². The molecule has 1 aromatic heterocycles. The van der Waals surface area contributed by atoms with E-state index in [9.17, 15) is 17.6 Å². The highest BCUT2D eigenvalue weighted by Gasteiger charge is 2.33. The second kappa shape index (κ2) is 6.50. The molecule has 0 radical (unpaired) electrons. The predicted molar refractivity (Wildman–Crippen MR) is 88.3 cm³/mol. The number of ether oxygens (including phenoxy) is 1. The van der Waals surface area contributed by atoms with Crippen molar-refractivity contribution in [2.24, 2.45) is 0 Å². The smallest absolute Gasteiger partial charge is 0.414 e. The summed E-state index contributed by atoms with van der Waals surface area (Å²) < 4.78 is 45.4. The Morgan fingerprint density at radius 1 is 1.38 bits per heavy atom. The molecule has 1 aromatic carbocycles. The van der Waals surface area contributed by atoms with Crippen LogP contribution in [0.5, 0.6) is 0 Å². The minimum atomic E-state index is -3.63. The fourth-order valence-corrected chi connectivity index (χ4v) is 4.71. The molecule has 1 aliphatic rings. The summed E-state index contributed by atoms with van der Waals surface area (Å²) >= 11 is 1.17. The molecule has 1 fully saturated rings. The largest absolute Gasteiger partial charge is 0.443 e. The number of benzene rings is 1. The maximum Gasteiger partial charge on any atom is 0.414 e. The Balaban J connectivity index is 1.64. The number of anilines is 1. The molecule has 1 unspecified atom stereocenters. The van der Waals surface area contributed by atoms with Crippen molar-refractivity contribution >= 4 is 33.1 Å². The molecule has 0 spiro atoms. The number of carbonyl (C=O) groups excluding carboxylic acids is 1. The average Bonchev–Trinajstić information content (AvgIpc) is 3.12. The number of thiophene rings is 1. The zero-order valence-corrected chi connectivity index (χ0v) is 14.4. The molecule has 2 heterocycles. The van der Waals surface area contributed by atoms with Crippen molar-refractivity contribution in [2.75, 3.05) is 18.0 Å². The van der Waals surface area contributed by atoms with E-state index in [0.29, 0.717) is 5.69 Å². The second-order valence-corrected chi connectivity index (χ2v) is 8.59. The number of cyclic esters (lactones) is 1. The Labute approximate surface area is 142 Å². The van der Waals surface area contributed by atoms with E-state index in [1.54, 1.807) is 12.1 Å². The van der Waals surface area contributed by atoms with Gasteiger partial charge in [0.1, 0.15) is 16.1 Å². The maximum atomic E-state index is 13.3. The lowest BCUT2D eigenvalue weighted by Gasteiger charge is -2.13. The lowest BCUT2D eigenvalue weighted by Crippen LogP contribution is -2.34. The van der Waals surface area contributed by atoms with E-state index in [1.165, 1.54) is 40.5 Å². The second-order valence-electron chi connectivity index (χ2n) is 5.31. The van der Waals surface area contributed by atoms with Crippen molar-refractivity contribution in [3.63, 3.8) is 0 Å². The van der Waals surface area contributed by atoms with Gasteiger partial charge in [-0.05, 0) is 37.3 Å². The van der Waals surface area contributed by atoms with Gasteiger partial charge in [0.05, 0.1) is 12.2 Å². The first kappa shape index (κ1) is 16.9. The standard InChI is InChI=1S/C15H15FN2O4S2/c1-10-5-6-14(23-10)24(20,21)17-8-13-9-18(15(19)22-13)12-4-2-3-11(16)7-12/h2-7,13,17H,8-9H2,1H3. The van der Waals surface area contributed by atoms with Gasteiger partial charge in [0.25, 0.3) is 0 Å². The summed E-state index contributed by atoms with van der Waals surface area (Å²) in [6.07, 6.45) is -1.27. The molecule has 1 amide bonds. The van der Waals surface area contributed by atoms with Crippen LogP contribution in [-0.4, -0.2) is 33.7 Å². The van der Waals surface area contributed by atoms with Gasteiger partial charge in [-0.3, -0.25) is 4.90 Å². The predicted octanol–water partition coefficient (Wildman–Crippen LogP) is 2.50. The Morgan fingerprint density at radius 2 is 2.17 bits per heavy atom. The number of halogens is 1. The van der Waals surface area contributed by atoms with Crippen LogP contribution in [0, 0.1) is 12.7 Å². The van der Waals surface area contributed by atoms with Gasteiger partial charge in [-0.15, -0.1) is 11.3 Å². The number of sulfonamides is 1. The normalized spacial score (nSPS) is 18.0. The van der Waals surface area contributed by atoms with Crippen molar-refractivity contribution in [3.05, 3.63) is 47.1 Å². The third kappa shape index (κ3) is 3.58. The first-order valence-electron chi connectivity index (χ1n) is 7.15. The minimum absolute atomic E-state index is 0.0448. The van der Waals surface area contributed by atoms with Gasteiger partial charge in [-0.25, -0.2) is 22.3 Å². The van der Waals surface area contributed by atoms with E-state index in [1.807, 2.05) is 6.92 Å². The van der Waals surface area contributed by atoms with E-state index in [-0.39, 0.29) is 17.3 Å². The Morgan fingerprint density at radius 3 is 2.83 bits per heavy atom. The van der Waals surface area contributed by atoms with Crippen molar-refractivity contribution in [1.82, 2.24) is 4.72 Å². The van der Waals surface area contributed by atoms with Gasteiger partial charge in [0, 0.05) is 11.4 Å². The monoisotopic (exact) mass is 370 g/mol. The van der Waals surface area contributed by atoms with Gasteiger partial charge in [-0.2, -0.15) is 0 Å². The summed E-state index contributed by atoms with van der Waals surface area (Å²) in [6.45, 7) is 1.92. The summed E-state index contributed by atoms with van der Waals surface area (Å²) in [5, 5.41) is 0. The van der Waals surface area contributed by atoms with Crippen LogP contribution in [0.2, 0.25) is 0 Å². The molecule has 1 N–H and O–H groups in total. The summed E-state index contributed by atoms with van der Waals surface area (Å²) in [7, 11) is -3.63. The molecule has 1 atom stereocenters. The first-order chi connectivity index (χ1) is 11.3. The van der Waals surface area contributed by atoms with Crippen molar-refractivity contribution < 1.29 is 22.3 Å². The van der Waals surface area contributed by atoms with E-state index >= 15 is 0 Å². The SMILES string of the molecule is Cc1ccc(S(=O)(=O)NCC2CN(c3cccc(F)c3)C(=O)O2)s1. The molecule has 9 heteroatoms. The molecule has 0 bridgehead atoms. The van der Waals surface area contributed by atoms with Crippen LogP contribution in [0.4, 0.5) is 14.9 Å². The lowest BCUT2D eigenvalue weighted by atomic mass is 10.2. The quantitative estimate of drug-likeness (QED) is 0.877. The van der Waals surface area contributed by atoms with Crippen LogP contribution in [-0.2, 0) is 14.8 Å². The lowest BCUT2D eigenvalue weighted by molar-refractivity contribution is 0.143. The summed E-state index contributed by atoms with van der Waals surface area (Å²) in [4.78, 5) is 14.1. The molecule has 0 saturated carbocycles. The average molecular weight is 370 g/mol. The van der Waals surface area contributed by atoms with Crippen LogP contribution >= 0.6 is 11.3 Å². The van der Waals surface area contributed by atoms with E-state index in [4.69, 9.17) is 4.74 Å². The molecule has 1 aliphatic heterocycles. The number of nitrogens with zero attached hydrogens (tertiary/aromatic N) is 1. The zero-order valence-electron chi connectivity index (χ0n) is 12.7. The number of rotatable bonds is 5. The topological polar surface area (TPSA) is 75.7 Å². The molecule has 24 heavy (non-hydrogen) atoms. The van der Waals surface area contributed by atoms with E-state index < -0.39 is 28.0 Å². The Kier molecular flexibility index (Phi) is 4.57. The number of aryl methyl sites for hydroxylation is 1. The van der Waals surface area contributed by atoms with Crippen molar-refractivity contribution in [3.8, 4) is 0 Å². The van der Waals surface area contributed by atoms with Gasteiger partial charge in [0.2, 0.25) is 10.0 Å². The molecule has 0 aliphatic carbocycles. The number of carbonyl (C=O) groups is 1. The zero-order chi connectivity index (χ0) is 17.3. The third-order valence-corrected chi connectivity index (χ3v) is 6.39. The van der Waals surface area contributed by atoms with Gasteiger partial charge < -0.3 is 4.74 Å². The maximum absolute atomic E-state index is 13.3. The van der Waals surface area contributed by atoms with E-state index in [2.05, 4.69) is 4.72 Å². The highest BCUT2D eigenvalue weighted by molar-refractivity contribution is 7.91. The fraction of sp³-hybridized carbons (Fsp3) is 0.267. The molecule has 6 nitrogen and oxygen atoms in total. The van der Waals surface area contributed by atoms with Crippen LogP contribution < -0.4 is 9.62 Å². The number of nitrogens with one attached hydrogen (secondary N) is 1. The highest BCUT2D eigenvalue weighted by Crippen LogP contribution is 2.23. The van der Waals surface area contributed by atoms with Crippen LogP contribution in [0.3, 0.4) is 0 Å². The van der Waals surface area contributed by atoms with Crippen LogP contribution in [0.1, 0.15) is 4.88 Å². The highest BCUT2D eigenvalue weighted by atomic mass is 32.2. The van der Waals surface area contributed by atoms with Crippen molar-refractivity contribution in [1.29, 1.82) is 0 Å². The number of hydrogen-bond acceptors (Lipinski definition) is 5. The van der Waals surface area contributed by atoms with Gasteiger partial charge in [0.15, 0.2) is 0 Å². The number of hydrogen-bond donors (Lipinski definition) is 1. The molecule has 2 aromatic rings. The summed E-state index contributed by atoms with van der Waals surface area (Å²) in [6, 6.07) is 8.84. The third-order valence-electron chi connectivity index (χ3n) is 3.48. The summed E-state index contributed by atoms with van der Waals surface area (Å²) in [5.74, 6) is -0.461. The fourth-order valence-electron chi connectivity index (χ4n) is 2.31. The first-order valence-corrected chi connectivity index (χ1v) is 9.45. The minimum Gasteiger partial charge on any atom is -0.443 e. The Bertz CT molecular complexity index is 866. The van der Waals surface area contributed by atoms with Gasteiger partial charge >= 0.3 is 6.09 Å². The molecule has 128 valence electrons. The van der Waals surface area contributed by atoms with E-state index in [0.717, 1.165) is 4.88 Å². The summed E-state index contributed by atoms with van der Waals surface area (Å²) in [5.41, 5.74) is 0.374. The number of amides is 1. The molecule has 1 saturated heterocycles. The Hall–Kier alpha value is -1.97. The molecule has 3 rings (SSSR count). The van der Waals surface area contributed by atoms with Gasteiger partial charge in [-0.1, -0.05) is 6.07 Å². The molecular formula is C15H15FN2O4S2. The molecular weight excluding hydrogens is 355 g/mol.